The van der Waals surface area contributed by atoms with Crippen molar-refractivity contribution >= 4 is 5.71 Å². The average molecular weight is 252 g/mol. The molecule has 0 unspecified atom stereocenters. The largest absolute Gasteiger partial charge is 0.507 e. The third kappa shape index (κ3) is 2.32. The molecule has 0 saturated carbocycles. The van der Waals surface area contributed by atoms with E-state index in [1.54, 1.807) is 6.07 Å². The van der Waals surface area contributed by atoms with Gasteiger partial charge in [-0.05, 0) is 24.6 Å². The second kappa shape index (κ2) is 4.76. The number of aryl methyl sites for hydroxylation is 1. The van der Waals surface area contributed by atoms with Gasteiger partial charge in [-0.3, -0.25) is 0 Å². The van der Waals surface area contributed by atoms with Crippen LogP contribution >= 0.6 is 0 Å². The number of hydrogen-bond acceptors (Lipinski definition) is 3. The highest BCUT2D eigenvalue weighted by Gasteiger charge is 2.22. The fraction of sp³-hybridized carbons (Fsp3) is 0.188. The van der Waals surface area contributed by atoms with E-state index in [0.29, 0.717) is 5.75 Å². The lowest BCUT2D eigenvalue weighted by molar-refractivity contribution is 0.474. The molecule has 0 fully saturated rings. The second-order valence-corrected chi connectivity index (χ2v) is 4.88. The average Bonchev–Trinajstić information content (AvgIpc) is 2.92. The third-order valence-corrected chi connectivity index (χ3v) is 3.42. The molecular formula is C16H16N2O. The minimum atomic E-state index is 0.191. The summed E-state index contributed by atoms with van der Waals surface area (Å²) in [6.07, 6.45) is 0.793. The number of hydrazone groups is 1. The van der Waals surface area contributed by atoms with E-state index in [1.165, 1.54) is 5.56 Å². The van der Waals surface area contributed by atoms with Crippen molar-refractivity contribution in [2.24, 2.45) is 5.10 Å². The molecule has 1 aliphatic rings. The number of aromatic hydroxyl groups is 1. The monoisotopic (exact) mass is 252 g/mol. The molecule has 0 spiro atoms. The van der Waals surface area contributed by atoms with Gasteiger partial charge in [-0.15, -0.1) is 0 Å². The van der Waals surface area contributed by atoms with Crippen molar-refractivity contribution in [1.82, 2.24) is 5.43 Å². The molecule has 96 valence electrons. The number of hydrogen-bond donors (Lipinski definition) is 2. The fourth-order valence-corrected chi connectivity index (χ4v) is 2.37. The van der Waals surface area contributed by atoms with Crippen molar-refractivity contribution in [2.45, 2.75) is 19.4 Å². The molecule has 2 aromatic carbocycles. The Morgan fingerprint density at radius 1 is 1.16 bits per heavy atom. The number of nitrogens with one attached hydrogen (secondary N) is 1. The lowest BCUT2D eigenvalue weighted by atomic mass is 9.98. The lowest BCUT2D eigenvalue weighted by Gasteiger charge is -2.10. The van der Waals surface area contributed by atoms with Crippen LogP contribution in [0.5, 0.6) is 5.75 Å². The molecule has 0 radical (unpaired) electrons. The van der Waals surface area contributed by atoms with Crippen LogP contribution in [0.15, 0.2) is 53.6 Å². The normalized spacial score (nSPS) is 17.9. The number of phenols is 1. The molecule has 1 atom stereocenters. The van der Waals surface area contributed by atoms with Crippen LogP contribution in [0.1, 0.15) is 29.2 Å². The van der Waals surface area contributed by atoms with Crippen LogP contribution in [0.2, 0.25) is 0 Å². The molecule has 0 saturated heterocycles. The van der Waals surface area contributed by atoms with Crippen LogP contribution in [-0.2, 0) is 0 Å². The Hall–Kier alpha value is -2.29. The van der Waals surface area contributed by atoms with Crippen LogP contribution in [-0.4, -0.2) is 10.8 Å². The maximum atomic E-state index is 9.94. The lowest BCUT2D eigenvalue weighted by Crippen LogP contribution is -2.09. The van der Waals surface area contributed by atoms with Gasteiger partial charge in [0.2, 0.25) is 0 Å². The summed E-state index contributed by atoms with van der Waals surface area (Å²) in [7, 11) is 0. The van der Waals surface area contributed by atoms with Gasteiger partial charge >= 0.3 is 0 Å². The van der Waals surface area contributed by atoms with E-state index < -0.39 is 0 Å². The highest BCUT2D eigenvalue weighted by Crippen LogP contribution is 2.28. The Bertz CT molecular complexity index is 620. The number of rotatable bonds is 2. The summed E-state index contributed by atoms with van der Waals surface area (Å²) in [4.78, 5) is 0. The van der Waals surface area contributed by atoms with Crippen molar-refractivity contribution in [1.29, 1.82) is 0 Å². The quantitative estimate of drug-likeness (QED) is 0.862. The topological polar surface area (TPSA) is 44.6 Å². The number of nitrogens with zero attached hydrogens (tertiary/aromatic N) is 1. The highest BCUT2D eigenvalue weighted by atomic mass is 16.3. The third-order valence-electron chi connectivity index (χ3n) is 3.42. The summed E-state index contributed by atoms with van der Waals surface area (Å²) in [5.41, 5.74) is 7.22. The molecule has 0 bridgehead atoms. The van der Waals surface area contributed by atoms with E-state index in [2.05, 4.69) is 22.7 Å². The van der Waals surface area contributed by atoms with Crippen molar-refractivity contribution in [2.75, 3.05) is 0 Å². The summed E-state index contributed by atoms with van der Waals surface area (Å²) in [5, 5.41) is 14.3. The zero-order valence-electron chi connectivity index (χ0n) is 10.8. The van der Waals surface area contributed by atoms with Crippen molar-refractivity contribution < 1.29 is 5.11 Å². The molecule has 3 heteroatoms. The summed E-state index contributed by atoms with van der Waals surface area (Å²) in [6, 6.07) is 16.0. The Kier molecular flexibility index (Phi) is 2.95. The Morgan fingerprint density at radius 2 is 1.95 bits per heavy atom. The standard InChI is InChI=1S/C16H16N2O/c1-11-7-8-16(19)13(9-11)15-10-14(17-18-15)12-5-3-2-4-6-12/h2-9,14,17,19H,10H2,1H3/t14-/m0/s1. The predicted octanol–water partition coefficient (Wildman–Crippen LogP) is 3.14. The smallest absolute Gasteiger partial charge is 0.124 e. The van der Waals surface area contributed by atoms with Crippen LogP contribution in [0, 0.1) is 6.92 Å². The summed E-state index contributed by atoms with van der Waals surface area (Å²) < 4.78 is 0. The first-order chi connectivity index (χ1) is 9.24. The van der Waals surface area contributed by atoms with Crippen LogP contribution in [0.4, 0.5) is 0 Å². The summed E-state index contributed by atoms with van der Waals surface area (Å²) >= 11 is 0. The second-order valence-electron chi connectivity index (χ2n) is 4.88. The molecule has 1 heterocycles. The molecule has 3 rings (SSSR count). The van der Waals surface area contributed by atoms with E-state index in [4.69, 9.17) is 0 Å². The number of phenolic OH excluding ortho intramolecular Hbond substituents is 1. The highest BCUT2D eigenvalue weighted by molar-refractivity contribution is 6.04. The summed E-state index contributed by atoms with van der Waals surface area (Å²) in [5.74, 6) is 0.292. The van der Waals surface area contributed by atoms with Crippen molar-refractivity contribution in [3.63, 3.8) is 0 Å². The first-order valence-corrected chi connectivity index (χ1v) is 6.41. The maximum absolute atomic E-state index is 9.94. The van der Waals surface area contributed by atoms with Crippen LogP contribution < -0.4 is 5.43 Å². The van der Waals surface area contributed by atoms with Gasteiger partial charge in [0.05, 0.1) is 11.8 Å². The first kappa shape index (κ1) is 11.8. The Labute approximate surface area is 112 Å². The molecule has 1 aliphatic heterocycles. The van der Waals surface area contributed by atoms with Gasteiger partial charge in [0.25, 0.3) is 0 Å². The molecule has 2 aromatic rings. The zero-order valence-corrected chi connectivity index (χ0v) is 10.8. The van der Waals surface area contributed by atoms with Crippen LogP contribution in [0.25, 0.3) is 0 Å². The molecule has 0 aromatic heterocycles. The van der Waals surface area contributed by atoms with E-state index in [-0.39, 0.29) is 6.04 Å². The van der Waals surface area contributed by atoms with Gasteiger partial charge in [-0.1, -0.05) is 42.0 Å². The minimum Gasteiger partial charge on any atom is -0.507 e. The van der Waals surface area contributed by atoms with Gasteiger partial charge in [0.15, 0.2) is 0 Å². The van der Waals surface area contributed by atoms with E-state index >= 15 is 0 Å². The van der Waals surface area contributed by atoms with E-state index in [1.807, 2.05) is 37.3 Å². The predicted molar refractivity (Wildman–Crippen MR) is 76.3 cm³/mol. The molecular weight excluding hydrogens is 236 g/mol. The van der Waals surface area contributed by atoms with Crippen molar-refractivity contribution in [3.05, 3.63) is 65.2 Å². The van der Waals surface area contributed by atoms with E-state index in [9.17, 15) is 5.11 Å². The Morgan fingerprint density at radius 3 is 2.74 bits per heavy atom. The zero-order chi connectivity index (χ0) is 13.2. The summed E-state index contributed by atoms with van der Waals surface area (Å²) in [6.45, 7) is 2.01. The number of benzene rings is 2. The van der Waals surface area contributed by atoms with Crippen LogP contribution in [0.3, 0.4) is 0 Å². The van der Waals surface area contributed by atoms with Crippen molar-refractivity contribution in [3.8, 4) is 5.75 Å². The maximum Gasteiger partial charge on any atom is 0.124 e. The molecule has 3 nitrogen and oxygen atoms in total. The minimum absolute atomic E-state index is 0.191. The molecule has 0 aliphatic carbocycles. The van der Waals surface area contributed by atoms with Gasteiger partial charge in [0.1, 0.15) is 5.75 Å². The molecule has 0 amide bonds. The van der Waals surface area contributed by atoms with E-state index in [0.717, 1.165) is 23.3 Å². The molecule has 2 N–H and O–H groups in total. The molecule has 19 heavy (non-hydrogen) atoms. The van der Waals surface area contributed by atoms with Gasteiger partial charge < -0.3 is 10.5 Å². The SMILES string of the molecule is Cc1ccc(O)c(C2=NN[C@H](c3ccccc3)C2)c1. The van der Waals surface area contributed by atoms with Gasteiger partial charge in [-0.2, -0.15) is 5.10 Å². The fourth-order valence-electron chi connectivity index (χ4n) is 2.37. The van der Waals surface area contributed by atoms with Gasteiger partial charge in [0, 0.05) is 12.0 Å². The van der Waals surface area contributed by atoms with Gasteiger partial charge in [-0.25, -0.2) is 0 Å². The Balaban J connectivity index is 1.84. The first-order valence-electron chi connectivity index (χ1n) is 6.41.